The summed E-state index contributed by atoms with van der Waals surface area (Å²) < 4.78 is 24.3. The number of benzene rings is 1. The summed E-state index contributed by atoms with van der Waals surface area (Å²) in [7, 11) is 0. The molecule has 7 heteroatoms. The minimum Gasteiger partial charge on any atom is -0.462 e. The number of allylic oxidation sites excluding steroid dienone is 1. The maximum atomic E-state index is 13.6. The second-order valence-corrected chi connectivity index (χ2v) is 10.3. The van der Waals surface area contributed by atoms with Gasteiger partial charge in [0.05, 0.1) is 18.2 Å². The zero-order chi connectivity index (χ0) is 25.2. The standard InChI is InChI=1S/C29H33FN2O4/c1-3-35-29(34)32-23-10-11-24-20(14-23)15-26-27(17(2)36-28(26)33)25(24)12-9-22-8-7-19(16-31-22)18-5-4-6-21(30)13-18/h4-9,12-13,16-17,20,23-27H,3,10-11,14-15H2,1-2H3,(H,32,34)/t17-,20-,23-,24+,25+,26-,27+/m1/s1. The molecule has 1 aliphatic heterocycles. The topological polar surface area (TPSA) is 77.5 Å². The summed E-state index contributed by atoms with van der Waals surface area (Å²) in [5, 5.41) is 3.00. The minimum absolute atomic E-state index is 0.0679. The second kappa shape index (κ2) is 10.4. The van der Waals surface area contributed by atoms with E-state index in [9.17, 15) is 14.0 Å². The van der Waals surface area contributed by atoms with Gasteiger partial charge in [0.15, 0.2) is 0 Å². The molecule has 0 spiro atoms. The number of ether oxygens (including phenoxy) is 2. The first kappa shape index (κ1) is 24.5. The van der Waals surface area contributed by atoms with Gasteiger partial charge in [0.25, 0.3) is 0 Å². The second-order valence-electron chi connectivity index (χ2n) is 10.3. The van der Waals surface area contributed by atoms with Gasteiger partial charge in [-0.05, 0) is 87.1 Å². The number of carbonyl (C=O) groups excluding carboxylic acids is 2. The summed E-state index contributed by atoms with van der Waals surface area (Å²) in [6.07, 6.45) is 9.07. The molecule has 1 aromatic carbocycles. The summed E-state index contributed by atoms with van der Waals surface area (Å²) in [5.41, 5.74) is 2.48. The number of nitrogens with zero attached hydrogens (tertiary/aromatic N) is 1. The molecule has 1 amide bonds. The predicted molar refractivity (Wildman–Crippen MR) is 134 cm³/mol. The van der Waals surface area contributed by atoms with Crippen molar-refractivity contribution in [1.82, 2.24) is 10.3 Å². The average Bonchev–Trinajstić information content (AvgIpc) is 3.15. The minimum atomic E-state index is -0.368. The first-order valence-electron chi connectivity index (χ1n) is 13.0. The summed E-state index contributed by atoms with van der Waals surface area (Å²) in [5.74, 6) is 0.629. The van der Waals surface area contributed by atoms with Crippen molar-refractivity contribution in [3.8, 4) is 11.1 Å². The van der Waals surface area contributed by atoms with Gasteiger partial charge >= 0.3 is 12.1 Å². The number of aromatic nitrogens is 1. The number of alkyl carbamates (subject to hydrolysis) is 1. The fourth-order valence-corrected chi connectivity index (χ4v) is 6.64. The number of cyclic esters (lactones) is 1. The maximum Gasteiger partial charge on any atom is 0.407 e. The highest BCUT2D eigenvalue weighted by Crippen LogP contribution is 2.53. The van der Waals surface area contributed by atoms with Crippen molar-refractivity contribution in [1.29, 1.82) is 0 Å². The highest BCUT2D eigenvalue weighted by molar-refractivity contribution is 5.75. The molecule has 0 radical (unpaired) electrons. The molecule has 1 aromatic heterocycles. The number of carbonyl (C=O) groups is 2. The zero-order valence-electron chi connectivity index (χ0n) is 20.7. The number of hydrogen-bond donors (Lipinski definition) is 1. The Hall–Kier alpha value is -3.22. The van der Waals surface area contributed by atoms with Crippen LogP contribution < -0.4 is 5.32 Å². The molecule has 2 heterocycles. The molecule has 0 unspecified atom stereocenters. The Labute approximate surface area is 211 Å². The summed E-state index contributed by atoms with van der Waals surface area (Å²) in [4.78, 5) is 29.2. The fourth-order valence-electron chi connectivity index (χ4n) is 6.64. The predicted octanol–water partition coefficient (Wildman–Crippen LogP) is 5.63. The Morgan fingerprint density at radius 2 is 2.08 bits per heavy atom. The van der Waals surface area contributed by atoms with Crippen LogP contribution in [0.15, 0.2) is 48.7 Å². The molecule has 2 aliphatic carbocycles. The van der Waals surface area contributed by atoms with Crippen molar-refractivity contribution in [3.05, 3.63) is 60.2 Å². The van der Waals surface area contributed by atoms with Crippen LogP contribution in [0.2, 0.25) is 0 Å². The van der Waals surface area contributed by atoms with E-state index in [4.69, 9.17) is 9.47 Å². The zero-order valence-corrected chi connectivity index (χ0v) is 20.7. The number of fused-ring (bicyclic) bond motifs is 2. The van der Waals surface area contributed by atoms with Crippen molar-refractivity contribution in [2.24, 2.45) is 29.6 Å². The van der Waals surface area contributed by atoms with Gasteiger partial charge in [0.2, 0.25) is 0 Å². The maximum absolute atomic E-state index is 13.6. The van der Waals surface area contributed by atoms with Crippen LogP contribution >= 0.6 is 0 Å². The normalized spacial score (nSPS) is 31.4. The van der Waals surface area contributed by atoms with Gasteiger partial charge in [-0.2, -0.15) is 0 Å². The van der Waals surface area contributed by atoms with E-state index in [1.807, 2.05) is 31.2 Å². The van der Waals surface area contributed by atoms with E-state index >= 15 is 0 Å². The van der Waals surface area contributed by atoms with Crippen LogP contribution in [0, 0.1) is 35.4 Å². The van der Waals surface area contributed by atoms with E-state index in [1.165, 1.54) is 12.1 Å². The third-order valence-electron chi connectivity index (χ3n) is 8.18. The summed E-state index contributed by atoms with van der Waals surface area (Å²) in [6, 6.07) is 10.4. The Morgan fingerprint density at radius 3 is 2.83 bits per heavy atom. The van der Waals surface area contributed by atoms with Crippen LogP contribution in [0.5, 0.6) is 0 Å². The number of nitrogens with one attached hydrogen (secondary N) is 1. The summed E-state index contributed by atoms with van der Waals surface area (Å²) >= 11 is 0. The van der Waals surface area contributed by atoms with Gasteiger partial charge in [0.1, 0.15) is 11.9 Å². The SMILES string of the molecule is CCOC(=O)N[C@@H]1CC[C@H]2[C@H](C1)C[C@H]1C(=O)O[C@H](C)[C@H]1[C@H]2C=Cc1ccc(-c2cccc(F)c2)cn1. The molecular formula is C29H33FN2O4. The lowest BCUT2D eigenvalue weighted by Gasteiger charge is -2.47. The number of rotatable bonds is 5. The third kappa shape index (κ3) is 5.01. The Morgan fingerprint density at radius 1 is 1.22 bits per heavy atom. The van der Waals surface area contributed by atoms with Crippen molar-refractivity contribution in [2.75, 3.05) is 6.61 Å². The van der Waals surface area contributed by atoms with Gasteiger partial charge in [-0.15, -0.1) is 0 Å². The van der Waals surface area contributed by atoms with Crippen LogP contribution in [-0.4, -0.2) is 35.8 Å². The highest BCUT2D eigenvalue weighted by atomic mass is 19.1. The number of amides is 1. The molecule has 36 heavy (non-hydrogen) atoms. The van der Waals surface area contributed by atoms with Gasteiger partial charge in [-0.3, -0.25) is 9.78 Å². The summed E-state index contributed by atoms with van der Waals surface area (Å²) in [6.45, 7) is 4.15. The van der Waals surface area contributed by atoms with Gasteiger partial charge in [-0.25, -0.2) is 9.18 Å². The van der Waals surface area contributed by atoms with E-state index in [1.54, 1.807) is 19.2 Å². The van der Waals surface area contributed by atoms with Crippen molar-refractivity contribution in [3.63, 3.8) is 0 Å². The molecule has 5 rings (SSSR count). The number of pyridine rings is 1. The molecule has 2 saturated carbocycles. The van der Waals surface area contributed by atoms with E-state index < -0.39 is 0 Å². The van der Waals surface area contributed by atoms with E-state index in [2.05, 4.69) is 16.4 Å². The van der Waals surface area contributed by atoms with E-state index in [0.29, 0.717) is 18.4 Å². The van der Waals surface area contributed by atoms with Crippen LogP contribution in [0.4, 0.5) is 9.18 Å². The van der Waals surface area contributed by atoms with E-state index in [-0.39, 0.29) is 47.8 Å². The third-order valence-corrected chi connectivity index (χ3v) is 8.18. The van der Waals surface area contributed by atoms with Crippen LogP contribution in [0.1, 0.15) is 45.2 Å². The quantitative estimate of drug-likeness (QED) is 0.548. The lowest BCUT2D eigenvalue weighted by atomic mass is 9.57. The molecule has 0 bridgehead atoms. The highest BCUT2D eigenvalue weighted by Gasteiger charge is 2.54. The van der Waals surface area contributed by atoms with Gasteiger partial charge in [-0.1, -0.05) is 24.3 Å². The molecule has 190 valence electrons. The number of hydrogen-bond acceptors (Lipinski definition) is 5. The molecule has 3 aliphatic rings. The van der Waals surface area contributed by atoms with Crippen LogP contribution in [0.3, 0.4) is 0 Å². The Balaban J connectivity index is 1.34. The molecular weight excluding hydrogens is 459 g/mol. The fraction of sp³-hybridized carbons (Fsp3) is 0.483. The average molecular weight is 493 g/mol. The number of halogens is 1. The van der Waals surface area contributed by atoms with Gasteiger partial charge in [0, 0.05) is 23.7 Å². The molecule has 3 fully saturated rings. The molecule has 1 saturated heterocycles. The van der Waals surface area contributed by atoms with Crippen LogP contribution in [-0.2, 0) is 14.3 Å². The molecule has 1 N–H and O–H groups in total. The molecule has 2 aromatic rings. The lowest BCUT2D eigenvalue weighted by Crippen LogP contribution is -2.48. The van der Waals surface area contributed by atoms with Crippen molar-refractivity contribution < 1.29 is 23.5 Å². The Kier molecular flexibility index (Phi) is 7.08. The first-order valence-corrected chi connectivity index (χ1v) is 13.0. The van der Waals surface area contributed by atoms with E-state index in [0.717, 1.165) is 42.5 Å². The van der Waals surface area contributed by atoms with Crippen molar-refractivity contribution in [2.45, 2.75) is 51.7 Å². The molecule has 7 atom stereocenters. The monoisotopic (exact) mass is 492 g/mol. The van der Waals surface area contributed by atoms with Gasteiger partial charge < -0.3 is 14.8 Å². The lowest BCUT2D eigenvalue weighted by molar-refractivity contribution is -0.144. The first-order chi connectivity index (χ1) is 17.4. The molecule has 6 nitrogen and oxygen atoms in total. The number of esters is 1. The Bertz CT molecular complexity index is 1130. The smallest absolute Gasteiger partial charge is 0.407 e. The van der Waals surface area contributed by atoms with Crippen LogP contribution in [0.25, 0.3) is 17.2 Å². The van der Waals surface area contributed by atoms with Crippen molar-refractivity contribution >= 4 is 18.1 Å². The largest absolute Gasteiger partial charge is 0.462 e.